The van der Waals surface area contributed by atoms with E-state index in [1.165, 1.54) is 18.3 Å². The molecule has 2 aromatic rings. The van der Waals surface area contributed by atoms with Crippen molar-refractivity contribution in [1.29, 1.82) is 0 Å². The van der Waals surface area contributed by atoms with Gasteiger partial charge in [0.15, 0.2) is 0 Å². The molecule has 0 spiro atoms. The van der Waals surface area contributed by atoms with Crippen LogP contribution >= 0.6 is 0 Å². The van der Waals surface area contributed by atoms with E-state index >= 15 is 0 Å². The number of carbonyl (C=O) groups is 1. The predicted molar refractivity (Wildman–Crippen MR) is 98.4 cm³/mol. The van der Waals surface area contributed by atoms with Crippen LogP contribution < -0.4 is 0 Å². The summed E-state index contributed by atoms with van der Waals surface area (Å²) in [5.41, 5.74) is 2.57. The molecular weight excluding hydrogens is 348 g/mol. The molecule has 5 heteroatoms. The molecule has 2 aliphatic carbocycles. The van der Waals surface area contributed by atoms with Gasteiger partial charge in [-0.1, -0.05) is 12.1 Å². The summed E-state index contributed by atoms with van der Waals surface area (Å²) in [6.45, 7) is 3.39. The van der Waals surface area contributed by atoms with E-state index in [4.69, 9.17) is 0 Å². The fraction of sp³-hybridized carbons (Fsp3) is 0.364. The van der Waals surface area contributed by atoms with Gasteiger partial charge in [-0.3, -0.25) is 9.78 Å². The zero-order valence-electron chi connectivity index (χ0n) is 15.4. The second-order valence-corrected chi connectivity index (χ2v) is 7.59. The van der Waals surface area contributed by atoms with E-state index < -0.39 is 23.0 Å². The first kappa shape index (κ1) is 17.8. The van der Waals surface area contributed by atoms with Crippen molar-refractivity contribution in [2.45, 2.75) is 50.9 Å². The minimum absolute atomic E-state index is 0.316. The molecular formula is C22H21F2NO2. The van der Waals surface area contributed by atoms with Gasteiger partial charge in [0, 0.05) is 11.5 Å². The summed E-state index contributed by atoms with van der Waals surface area (Å²) in [5.74, 6) is -1.53. The van der Waals surface area contributed by atoms with Gasteiger partial charge in [-0.05, 0) is 73.9 Å². The number of aliphatic carboxylic acids is 1. The minimum Gasteiger partial charge on any atom is -0.480 e. The summed E-state index contributed by atoms with van der Waals surface area (Å²) >= 11 is 0. The number of hydrogen-bond donors (Lipinski definition) is 1. The lowest BCUT2D eigenvalue weighted by molar-refractivity contribution is -0.142. The van der Waals surface area contributed by atoms with Gasteiger partial charge in [-0.25, -0.2) is 8.78 Å². The average molecular weight is 369 g/mol. The second kappa shape index (κ2) is 6.25. The molecule has 0 aliphatic heterocycles. The maximum Gasteiger partial charge on any atom is 0.318 e. The molecule has 0 saturated heterocycles. The lowest BCUT2D eigenvalue weighted by atomic mass is 9.73. The summed E-state index contributed by atoms with van der Waals surface area (Å²) in [6.07, 6.45) is 4.09. The van der Waals surface area contributed by atoms with Crippen LogP contribution in [0.15, 0.2) is 36.0 Å². The van der Waals surface area contributed by atoms with Gasteiger partial charge in [-0.2, -0.15) is 0 Å². The Hall–Kier alpha value is -2.56. The molecule has 1 aromatic heterocycles. The largest absolute Gasteiger partial charge is 0.480 e. The van der Waals surface area contributed by atoms with Gasteiger partial charge in [0.25, 0.3) is 0 Å². The lowest BCUT2D eigenvalue weighted by Crippen LogP contribution is -2.35. The summed E-state index contributed by atoms with van der Waals surface area (Å²) in [6, 6.07) is 6.04. The standard InChI is InChI=1S/C22H21F2NO2/c1-12-18(4-3-5-19(12)24)22(21(26)27)9-8-16(13(22)2)17-10-15(23)11-25-20(17)14-6-7-14/h3-5,10-11,14H,6-9H2,1-2H3,(H,26,27)/t22-/m0/s1. The van der Waals surface area contributed by atoms with Crippen LogP contribution in [-0.4, -0.2) is 16.1 Å². The van der Waals surface area contributed by atoms with Crippen LogP contribution in [0.4, 0.5) is 8.78 Å². The lowest BCUT2D eigenvalue weighted by Gasteiger charge is -2.29. The number of carboxylic acid groups (broad SMARTS) is 1. The predicted octanol–water partition coefficient (Wildman–Crippen LogP) is 5.14. The molecule has 0 amide bonds. The third kappa shape index (κ3) is 2.68. The highest BCUT2D eigenvalue weighted by Crippen LogP contribution is 2.52. The number of allylic oxidation sites excluding steroid dienone is 1. The molecule has 2 aliphatic rings. The number of carboxylic acids is 1. The smallest absolute Gasteiger partial charge is 0.318 e. The highest BCUT2D eigenvalue weighted by molar-refractivity contribution is 5.93. The highest BCUT2D eigenvalue weighted by atomic mass is 19.1. The van der Waals surface area contributed by atoms with E-state index in [1.807, 2.05) is 0 Å². The van der Waals surface area contributed by atoms with Crippen LogP contribution in [0, 0.1) is 18.6 Å². The number of rotatable bonds is 4. The van der Waals surface area contributed by atoms with E-state index in [0.29, 0.717) is 41.0 Å². The fourth-order valence-corrected chi connectivity index (χ4v) is 4.44. The SMILES string of the molecule is CC1=C(c2cc(F)cnc2C2CC2)CC[C@@]1(C(=O)O)c1cccc(F)c1C. The summed E-state index contributed by atoms with van der Waals surface area (Å²) in [5, 5.41) is 10.2. The van der Waals surface area contributed by atoms with E-state index in [1.54, 1.807) is 26.0 Å². The summed E-state index contributed by atoms with van der Waals surface area (Å²) in [7, 11) is 0. The average Bonchev–Trinajstić information content (AvgIpc) is 3.41. The molecule has 140 valence electrons. The second-order valence-electron chi connectivity index (χ2n) is 7.59. The number of hydrogen-bond acceptors (Lipinski definition) is 2. The Labute approximate surface area is 156 Å². The van der Waals surface area contributed by atoms with Crippen molar-refractivity contribution in [2.75, 3.05) is 0 Å². The van der Waals surface area contributed by atoms with Crippen LogP contribution in [0.2, 0.25) is 0 Å². The van der Waals surface area contributed by atoms with E-state index in [9.17, 15) is 18.7 Å². The van der Waals surface area contributed by atoms with E-state index in [0.717, 1.165) is 24.1 Å². The van der Waals surface area contributed by atoms with Gasteiger partial charge in [0.05, 0.1) is 11.9 Å². The number of aromatic nitrogens is 1. The Bertz CT molecular complexity index is 978. The van der Waals surface area contributed by atoms with Gasteiger partial charge >= 0.3 is 5.97 Å². The van der Waals surface area contributed by atoms with Crippen LogP contribution in [0.3, 0.4) is 0 Å². The van der Waals surface area contributed by atoms with Crippen molar-refractivity contribution in [2.24, 2.45) is 0 Å². The fourth-order valence-electron chi connectivity index (χ4n) is 4.44. The quantitative estimate of drug-likeness (QED) is 0.812. The van der Waals surface area contributed by atoms with Crippen LogP contribution in [-0.2, 0) is 10.2 Å². The topological polar surface area (TPSA) is 50.2 Å². The first-order valence-electron chi connectivity index (χ1n) is 9.21. The number of benzene rings is 1. The number of pyridine rings is 1. The molecule has 1 aromatic carbocycles. The zero-order valence-corrected chi connectivity index (χ0v) is 15.4. The molecule has 27 heavy (non-hydrogen) atoms. The summed E-state index contributed by atoms with van der Waals surface area (Å²) in [4.78, 5) is 16.7. The van der Waals surface area contributed by atoms with Crippen molar-refractivity contribution in [1.82, 2.24) is 4.98 Å². The van der Waals surface area contributed by atoms with Gasteiger partial charge < -0.3 is 5.11 Å². The van der Waals surface area contributed by atoms with Crippen LogP contribution in [0.1, 0.15) is 60.9 Å². The highest BCUT2D eigenvalue weighted by Gasteiger charge is 2.48. The normalized spacial score (nSPS) is 22.4. The van der Waals surface area contributed by atoms with Crippen molar-refractivity contribution in [3.8, 4) is 0 Å². The minimum atomic E-state index is -1.30. The molecule has 4 rings (SSSR count). The molecule has 1 N–H and O–H groups in total. The number of halogens is 2. The molecule has 0 radical (unpaired) electrons. The van der Waals surface area contributed by atoms with Gasteiger partial charge in [-0.15, -0.1) is 0 Å². The van der Waals surface area contributed by atoms with E-state index in [2.05, 4.69) is 4.98 Å². The Morgan fingerprint density at radius 3 is 2.67 bits per heavy atom. The molecule has 1 atom stereocenters. The maximum absolute atomic E-state index is 14.2. The van der Waals surface area contributed by atoms with Crippen molar-refractivity contribution in [3.63, 3.8) is 0 Å². The Balaban J connectivity index is 1.93. The first-order chi connectivity index (χ1) is 12.9. The third-order valence-electron chi connectivity index (χ3n) is 6.11. The van der Waals surface area contributed by atoms with Gasteiger partial charge in [0.2, 0.25) is 0 Å². The van der Waals surface area contributed by atoms with Crippen molar-refractivity contribution < 1.29 is 18.7 Å². The van der Waals surface area contributed by atoms with Crippen molar-refractivity contribution >= 4 is 11.5 Å². The molecule has 0 bridgehead atoms. The van der Waals surface area contributed by atoms with Gasteiger partial charge in [0.1, 0.15) is 17.0 Å². The molecule has 0 unspecified atom stereocenters. The third-order valence-corrected chi connectivity index (χ3v) is 6.11. The molecule has 1 saturated carbocycles. The maximum atomic E-state index is 14.2. The zero-order chi connectivity index (χ0) is 19.3. The molecule has 1 fully saturated rings. The Kier molecular flexibility index (Phi) is 4.13. The summed E-state index contributed by atoms with van der Waals surface area (Å²) < 4.78 is 28.1. The first-order valence-corrected chi connectivity index (χ1v) is 9.21. The van der Waals surface area contributed by atoms with E-state index in [-0.39, 0.29) is 0 Å². The number of nitrogens with zero attached hydrogens (tertiary/aromatic N) is 1. The van der Waals surface area contributed by atoms with Crippen LogP contribution in [0.5, 0.6) is 0 Å². The van der Waals surface area contributed by atoms with Crippen molar-refractivity contribution in [3.05, 3.63) is 70.1 Å². The molecule has 1 heterocycles. The Morgan fingerprint density at radius 1 is 1.26 bits per heavy atom. The Morgan fingerprint density at radius 2 is 2.00 bits per heavy atom. The van der Waals surface area contributed by atoms with Crippen LogP contribution in [0.25, 0.3) is 5.57 Å². The molecule has 3 nitrogen and oxygen atoms in total. The monoisotopic (exact) mass is 369 g/mol.